The first-order chi connectivity index (χ1) is 12.7. The van der Waals surface area contributed by atoms with Gasteiger partial charge >= 0.3 is 0 Å². The van der Waals surface area contributed by atoms with Gasteiger partial charge in [-0.25, -0.2) is 24.9 Å². The third-order valence-electron chi connectivity index (χ3n) is 4.28. The predicted octanol–water partition coefficient (Wildman–Crippen LogP) is 2.64. The van der Waals surface area contributed by atoms with Gasteiger partial charge in [0.2, 0.25) is 0 Å². The first-order valence-electron chi connectivity index (χ1n) is 8.06. The SMILES string of the molecule is Cc1nc2ncc(-c3ccnc(N)c3)nc2n1-c1ccc2nc[nH]c2c1. The summed E-state index contributed by atoms with van der Waals surface area (Å²) < 4.78 is 1.98. The average Bonchev–Trinajstić information content (AvgIpc) is 3.23. The van der Waals surface area contributed by atoms with Crippen LogP contribution in [0.5, 0.6) is 0 Å². The highest BCUT2D eigenvalue weighted by molar-refractivity contribution is 5.79. The average molecular weight is 342 g/mol. The zero-order valence-corrected chi connectivity index (χ0v) is 13.9. The van der Waals surface area contributed by atoms with Crippen LogP contribution in [0.2, 0.25) is 0 Å². The number of fused-ring (bicyclic) bond motifs is 2. The van der Waals surface area contributed by atoms with E-state index >= 15 is 0 Å². The maximum Gasteiger partial charge on any atom is 0.198 e. The summed E-state index contributed by atoms with van der Waals surface area (Å²) in [5.41, 5.74) is 11.5. The summed E-state index contributed by atoms with van der Waals surface area (Å²) in [6.45, 7) is 1.94. The third kappa shape index (κ3) is 2.20. The lowest BCUT2D eigenvalue weighted by molar-refractivity contribution is 0.989. The first-order valence-corrected chi connectivity index (χ1v) is 8.06. The molecule has 126 valence electrons. The minimum absolute atomic E-state index is 0.443. The number of nitrogens with zero attached hydrogens (tertiary/aromatic N) is 6. The third-order valence-corrected chi connectivity index (χ3v) is 4.28. The molecule has 0 amide bonds. The number of aromatic amines is 1. The number of anilines is 1. The Morgan fingerprint density at radius 1 is 1.04 bits per heavy atom. The van der Waals surface area contributed by atoms with Gasteiger partial charge in [-0.2, -0.15) is 0 Å². The van der Waals surface area contributed by atoms with E-state index in [9.17, 15) is 0 Å². The molecule has 0 atom stereocenters. The molecule has 0 aliphatic heterocycles. The van der Waals surface area contributed by atoms with E-state index in [-0.39, 0.29) is 0 Å². The lowest BCUT2D eigenvalue weighted by Gasteiger charge is -2.07. The number of H-pyrrole nitrogens is 1. The van der Waals surface area contributed by atoms with Crippen LogP contribution in [-0.2, 0) is 0 Å². The molecule has 0 spiro atoms. The van der Waals surface area contributed by atoms with Gasteiger partial charge in [0.15, 0.2) is 11.3 Å². The summed E-state index contributed by atoms with van der Waals surface area (Å²) in [7, 11) is 0. The number of aryl methyl sites for hydroxylation is 1. The van der Waals surface area contributed by atoms with Crippen molar-refractivity contribution in [2.75, 3.05) is 5.73 Å². The molecular weight excluding hydrogens is 328 g/mol. The Morgan fingerprint density at radius 2 is 1.96 bits per heavy atom. The number of nitrogens with one attached hydrogen (secondary N) is 1. The molecule has 4 heterocycles. The fourth-order valence-corrected chi connectivity index (χ4v) is 3.08. The van der Waals surface area contributed by atoms with Crippen molar-refractivity contribution in [1.82, 2.24) is 34.5 Å². The molecule has 0 saturated heterocycles. The van der Waals surface area contributed by atoms with Crippen molar-refractivity contribution in [2.45, 2.75) is 6.92 Å². The van der Waals surface area contributed by atoms with Gasteiger partial charge in [0.1, 0.15) is 11.6 Å². The Balaban J connectivity index is 1.74. The van der Waals surface area contributed by atoms with Crippen molar-refractivity contribution >= 4 is 28.1 Å². The monoisotopic (exact) mass is 342 g/mol. The van der Waals surface area contributed by atoms with Crippen molar-refractivity contribution in [3.05, 3.63) is 54.9 Å². The zero-order valence-electron chi connectivity index (χ0n) is 13.9. The largest absolute Gasteiger partial charge is 0.384 e. The van der Waals surface area contributed by atoms with Crippen molar-refractivity contribution in [3.63, 3.8) is 0 Å². The molecule has 0 aliphatic carbocycles. The van der Waals surface area contributed by atoms with Crippen molar-refractivity contribution < 1.29 is 0 Å². The normalized spacial score (nSPS) is 11.4. The van der Waals surface area contributed by atoms with E-state index in [1.807, 2.05) is 35.8 Å². The quantitative estimate of drug-likeness (QED) is 0.510. The van der Waals surface area contributed by atoms with Crippen molar-refractivity contribution in [3.8, 4) is 16.9 Å². The molecule has 0 bridgehead atoms. The van der Waals surface area contributed by atoms with Gasteiger partial charge in [0.05, 0.1) is 34.9 Å². The molecule has 1 aromatic carbocycles. The number of pyridine rings is 1. The molecule has 8 nitrogen and oxygen atoms in total. The first kappa shape index (κ1) is 14.5. The summed E-state index contributed by atoms with van der Waals surface area (Å²) in [5, 5.41) is 0. The smallest absolute Gasteiger partial charge is 0.198 e. The predicted molar refractivity (Wildman–Crippen MR) is 98.7 cm³/mol. The number of nitrogens with two attached hydrogens (primary N) is 1. The maximum absolute atomic E-state index is 5.79. The second kappa shape index (κ2) is 5.35. The highest BCUT2D eigenvalue weighted by atomic mass is 15.2. The van der Waals surface area contributed by atoms with Gasteiger partial charge < -0.3 is 10.7 Å². The van der Waals surface area contributed by atoms with Crippen LogP contribution in [-0.4, -0.2) is 34.5 Å². The summed E-state index contributed by atoms with van der Waals surface area (Å²) in [5.74, 6) is 1.25. The summed E-state index contributed by atoms with van der Waals surface area (Å²) in [6, 6.07) is 9.62. The van der Waals surface area contributed by atoms with E-state index in [0.717, 1.165) is 33.8 Å². The Bertz CT molecular complexity index is 1270. The Kier molecular flexibility index (Phi) is 2.99. The fraction of sp³-hybridized carbons (Fsp3) is 0.0556. The van der Waals surface area contributed by atoms with Crippen LogP contribution < -0.4 is 5.73 Å². The van der Waals surface area contributed by atoms with Crippen molar-refractivity contribution in [1.29, 1.82) is 0 Å². The van der Waals surface area contributed by atoms with E-state index in [1.54, 1.807) is 24.8 Å². The minimum Gasteiger partial charge on any atom is -0.384 e. The van der Waals surface area contributed by atoms with Crippen LogP contribution >= 0.6 is 0 Å². The molecular formula is C18H14N8. The van der Waals surface area contributed by atoms with Crippen LogP contribution in [0.4, 0.5) is 5.82 Å². The second-order valence-corrected chi connectivity index (χ2v) is 5.97. The Morgan fingerprint density at radius 3 is 2.85 bits per heavy atom. The highest BCUT2D eigenvalue weighted by Crippen LogP contribution is 2.24. The maximum atomic E-state index is 5.79. The molecule has 0 fully saturated rings. The van der Waals surface area contributed by atoms with Gasteiger partial charge in [0.25, 0.3) is 0 Å². The topological polar surface area (TPSA) is 111 Å². The van der Waals surface area contributed by atoms with Crippen LogP contribution in [0.1, 0.15) is 5.82 Å². The second-order valence-electron chi connectivity index (χ2n) is 5.97. The van der Waals surface area contributed by atoms with Crippen LogP contribution in [0, 0.1) is 6.92 Å². The van der Waals surface area contributed by atoms with Crippen LogP contribution in [0.25, 0.3) is 39.3 Å². The molecule has 4 aromatic heterocycles. The summed E-state index contributed by atoms with van der Waals surface area (Å²) in [4.78, 5) is 25.2. The molecule has 5 rings (SSSR count). The fourth-order valence-electron chi connectivity index (χ4n) is 3.08. The minimum atomic E-state index is 0.443. The Hall–Kier alpha value is -3.81. The van der Waals surface area contributed by atoms with Gasteiger partial charge in [0, 0.05) is 11.8 Å². The van der Waals surface area contributed by atoms with E-state index in [1.165, 1.54) is 0 Å². The lowest BCUT2D eigenvalue weighted by atomic mass is 10.2. The number of hydrogen-bond acceptors (Lipinski definition) is 6. The standard InChI is InChI=1S/C18H14N8/c1-10-24-17-18(25-15(8-21-17)11-4-5-20-16(19)6-11)26(10)12-2-3-13-14(7-12)23-9-22-13/h2-9H,1H3,(H2,19,20)(H,22,23). The Labute approximate surface area is 147 Å². The number of aromatic nitrogens is 7. The van der Waals surface area contributed by atoms with Gasteiger partial charge in [-0.15, -0.1) is 0 Å². The molecule has 0 aliphatic rings. The van der Waals surface area contributed by atoms with E-state index in [0.29, 0.717) is 17.1 Å². The summed E-state index contributed by atoms with van der Waals surface area (Å²) in [6.07, 6.45) is 5.04. The van der Waals surface area contributed by atoms with Gasteiger partial charge in [-0.3, -0.25) is 4.57 Å². The van der Waals surface area contributed by atoms with Gasteiger partial charge in [-0.05, 0) is 37.3 Å². The molecule has 0 saturated carbocycles. The zero-order chi connectivity index (χ0) is 17.7. The van der Waals surface area contributed by atoms with Crippen molar-refractivity contribution in [2.24, 2.45) is 0 Å². The van der Waals surface area contributed by atoms with E-state index < -0.39 is 0 Å². The summed E-state index contributed by atoms with van der Waals surface area (Å²) >= 11 is 0. The molecule has 0 unspecified atom stereocenters. The molecule has 5 aromatic rings. The molecule has 3 N–H and O–H groups in total. The van der Waals surface area contributed by atoms with Gasteiger partial charge in [-0.1, -0.05) is 0 Å². The number of imidazole rings is 2. The number of rotatable bonds is 2. The number of hydrogen-bond donors (Lipinski definition) is 2. The van der Waals surface area contributed by atoms with Crippen LogP contribution in [0.15, 0.2) is 49.1 Å². The lowest BCUT2D eigenvalue weighted by Crippen LogP contribution is -1.99. The van der Waals surface area contributed by atoms with E-state index in [2.05, 4.69) is 24.9 Å². The number of nitrogen functional groups attached to an aromatic ring is 1. The van der Waals surface area contributed by atoms with E-state index in [4.69, 9.17) is 10.7 Å². The molecule has 0 radical (unpaired) electrons. The van der Waals surface area contributed by atoms with Crippen LogP contribution in [0.3, 0.4) is 0 Å². The highest BCUT2D eigenvalue weighted by Gasteiger charge is 2.14. The molecule has 26 heavy (non-hydrogen) atoms. The number of benzene rings is 1. The molecule has 8 heteroatoms.